The molecule has 8 heteroatoms. The Hall–Kier alpha value is -1.77. The number of benzene rings is 1. The maximum Gasteiger partial charge on any atom is 0.253 e. The van der Waals surface area contributed by atoms with Gasteiger partial charge in [0.25, 0.3) is 5.91 Å². The van der Waals surface area contributed by atoms with Crippen LogP contribution in [0.5, 0.6) is 11.5 Å². The molecule has 0 unspecified atom stereocenters. The summed E-state index contributed by atoms with van der Waals surface area (Å²) in [5, 5.41) is 1.97. The Morgan fingerprint density at radius 3 is 2.69 bits per heavy atom. The van der Waals surface area contributed by atoms with Gasteiger partial charge in [0.2, 0.25) is 0 Å². The van der Waals surface area contributed by atoms with E-state index in [-0.39, 0.29) is 5.91 Å². The number of thioether (sulfide) groups is 1. The second-order valence-corrected chi connectivity index (χ2v) is 8.49. The van der Waals surface area contributed by atoms with Gasteiger partial charge in [-0.1, -0.05) is 17.4 Å². The van der Waals surface area contributed by atoms with Crippen molar-refractivity contribution in [3.8, 4) is 11.5 Å². The van der Waals surface area contributed by atoms with Gasteiger partial charge < -0.3 is 14.0 Å². The number of amides is 1. The quantitative estimate of drug-likeness (QED) is 0.596. The molecule has 5 nitrogen and oxygen atoms in total. The molecular weight excluding hydrogens is 388 g/mol. The molecule has 3 aromatic rings. The topological polar surface area (TPSA) is 52.8 Å². The third kappa shape index (κ3) is 4.13. The number of aryl methyl sites for hydroxylation is 1. The minimum atomic E-state index is -0.129. The van der Waals surface area contributed by atoms with Crippen molar-refractivity contribution in [2.45, 2.75) is 13.0 Å². The predicted molar refractivity (Wildman–Crippen MR) is 110 cm³/mol. The first-order chi connectivity index (χ1) is 12.7. The molecule has 0 N–H and O–H groups in total. The Morgan fingerprint density at radius 1 is 1.27 bits per heavy atom. The second kappa shape index (κ2) is 8.75. The van der Waals surface area contributed by atoms with Crippen LogP contribution in [-0.4, -0.2) is 36.7 Å². The molecule has 26 heavy (non-hydrogen) atoms. The van der Waals surface area contributed by atoms with E-state index >= 15 is 0 Å². The molecule has 2 aromatic heterocycles. The van der Waals surface area contributed by atoms with E-state index < -0.39 is 0 Å². The van der Waals surface area contributed by atoms with Gasteiger partial charge in [-0.2, -0.15) is 16.8 Å². The minimum absolute atomic E-state index is 0.129. The zero-order chi connectivity index (χ0) is 18.5. The van der Waals surface area contributed by atoms with Gasteiger partial charge in [0.15, 0.2) is 16.3 Å². The van der Waals surface area contributed by atoms with Gasteiger partial charge in [-0.3, -0.25) is 4.79 Å². The highest BCUT2D eigenvalue weighted by atomic mass is 32.2. The fourth-order valence-corrected chi connectivity index (χ4v) is 4.73. The highest BCUT2D eigenvalue weighted by molar-refractivity contribution is 7.98. The molecule has 0 saturated heterocycles. The Bertz CT molecular complexity index is 958. The highest BCUT2D eigenvalue weighted by Crippen LogP contribution is 2.33. The molecule has 1 aromatic carbocycles. The lowest BCUT2D eigenvalue weighted by Gasteiger charge is -2.09. The number of carbonyl (C=O) groups is 1. The molecule has 0 aliphatic carbocycles. The molecule has 0 radical (unpaired) electrons. The first kappa shape index (κ1) is 19.0. The second-order valence-electron chi connectivity index (χ2n) is 5.47. The van der Waals surface area contributed by atoms with Gasteiger partial charge >= 0.3 is 0 Å². The summed E-state index contributed by atoms with van der Waals surface area (Å²) in [6.07, 6.45) is 2.40. The van der Waals surface area contributed by atoms with Crippen LogP contribution < -0.4 is 14.3 Å². The number of aromatic nitrogens is 1. The molecule has 0 saturated carbocycles. The molecule has 0 aliphatic rings. The van der Waals surface area contributed by atoms with Crippen LogP contribution in [0.15, 0.2) is 34.6 Å². The summed E-state index contributed by atoms with van der Waals surface area (Å²) in [6, 6.07) is 7.80. The molecule has 2 heterocycles. The number of thiophene rings is 1. The SMILES string of the molecule is COc1cc2sc(=NC(=O)Cc3cccs3)n(CCSC)c2cc1OC. The van der Waals surface area contributed by atoms with E-state index in [0.717, 1.165) is 27.4 Å². The predicted octanol–water partition coefficient (Wildman–Crippen LogP) is 3.81. The van der Waals surface area contributed by atoms with Gasteiger partial charge in [-0.25, -0.2) is 0 Å². The first-order valence-corrected chi connectivity index (χ1v) is 11.1. The Balaban J connectivity index is 2.07. The van der Waals surface area contributed by atoms with Gasteiger partial charge in [0.1, 0.15) is 0 Å². The van der Waals surface area contributed by atoms with Crippen molar-refractivity contribution in [3.05, 3.63) is 39.3 Å². The van der Waals surface area contributed by atoms with E-state index in [9.17, 15) is 4.79 Å². The Kier molecular flexibility index (Phi) is 6.39. The number of methoxy groups -OCH3 is 2. The molecule has 0 bridgehead atoms. The average molecular weight is 409 g/mol. The number of ether oxygens (including phenoxy) is 2. The standard InChI is InChI=1S/C18H20N2O3S3/c1-22-14-10-13-16(11-15(14)23-2)26-18(20(13)6-8-24-3)19-17(21)9-12-5-4-7-25-12/h4-5,7,10-11H,6,8-9H2,1-3H3. The molecule has 138 valence electrons. The van der Waals surface area contributed by atoms with Gasteiger partial charge in [0, 0.05) is 29.3 Å². The van der Waals surface area contributed by atoms with Gasteiger partial charge in [-0.05, 0) is 17.7 Å². The van der Waals surface area contributed by atoms with Crippen molar-refractivity contribution in [2.75, 3.05) is 26.2 Å². The third-order valence-electron chi connectivity index (χ3n) is 3.83. The van der Waals surface area contributed by atoms with Crippen molar-refractivity contribution < 1.29 is 14.3 Å². The summed E-state index contributed by atoms with van der Waals surface area (Å²) in [7, 11) is 3.24. The first-order valence-electron chi connectivity index (χ1n) is 8.00. The normalized spacial score (nSPS) is 11.9. The summed E-state index contributed by atoms with van der Waals surface area (Å²) < 4.78 is 13.9. The van der Waals surface area contributed by atoms with Gasteiger partial charge in [-0.15, -0.1) is 11.3 Å². The molecule has 3 rings (SSSR count). The van der Waals surface area contributed by atoms with E-state index in [1.54, 1.807) is 37.3 Å². The zero-order valence-electron chi connectivity index (χ0n) is 14.9. The number of carbonyl (C=O) groups excluding carboxylic acids is 1. The monoisotopic (exact) mass is 408 g/mol. The molecule has 0 atom stereocenters. The summed E-state index contributed by atoms with van der Waals surface area (Å²) in [5.41, 5.74) is 1.00. The lowest BCUT2D eigenvalue weighted by molar-refractivity contribution is -0.117. The number of thiazole rings is 1. The summed E-state index contributed by atoms with van der Waals surface area (Å²) >= 11 is 4.83. The van der Waals surface area contributed by atoms with Crippen molar-refractivity contribution in [3.63, 3.8) is 0 Å². The van der Waals surface area contributed by atoms with Crippen LogP contribution in [-0.2, 0) is 17.8 Å². The molecular formula is C18H20N2O3S3. The molecule has 0 spiro atoms. The van der Waals surface area contributed by atoms with Crippen LogP contribution >= 0.6 is 34.4 Å². The van der Waals surface area contributed by atoms with Crippen molar-refractivity contribution in [2.24, 2.45) is 4.99 Å². The number of hydrogen-bond donors (Lipinski definition) is 0. The average Bonchev–Trinajstić information content (AvgIpc) is 3.25. The minimum Gasteiger partial charge on any atom is -0.493 e. The fourth-order valence-electron chi connectivity index (χ4n) is 2.59. The molecule has 0 aliphatic heterocycles. The fraction of sp³-hybridized carbons (Fsp3) is 0.333. The van der Waals surface area contributed by atoms with Crippen LogP contribution in [0.2, 0.25) is 0 Å². The number of nitrogens with zero attached hydrogens (tertiary/aromatic N) is 2. The Labute approximate surface area is 164 Å². The van der Waals surface area contributed by atoms with E-state index in [1.807, 2.05) is 29.6 Å². The number of hydrogen-bond acceptors (Lipinski definition) is 6. The van der Waals surface area contributed by atoms with Crippen LogP contribution in [0, 0.1) is 0 Å². The molecule has 1 amide bonds. The van der Waals surface area contributed by atoms with Crippen molar-refractivity contribution in [1.29, 1.82) is 0 Å². The van der Waals surface area contributed by atoms with E-state index in [0.29, 0.717) is 22.7 Å². The highest BCUT2D eigenvalue weighted by Gasteiger charge is 2.13. The van der Waals surface area contributed by atoms with Gasteiger partial charge in [0.05, 0.1) is 30.9 Å². The maximum atomic E-state index is 12.4. The summed E-state index contributed by atoms with van der Waals surface area (Å²) in [6.45, 7) is 0.780. The largest absolute Gasteiger partial charge is 0.493 e. The third-order valence-corrected chi connectivity index (χ3v) is 6.34. The Morgan fingerprint density at radius 2 is 2.04 bits per heavy atom. The smallest absolute Gasteiger partial charge is 0.253 e. The lowest BCUT2D eigenvalue weighted by Crippen LogP contribution is -2.18. The van der Waals surface area contributed by atoms with E-state index in [4.69, 9.17) is 9.47 Å². The van der Waals surface area contributed by atoms with Crippen LogP contribution in [0.25, 0.3) is 10.2 Å². The number of fused-ring (bicyclic) bond motifs is 1. The van der Waals surface area contributed by atoms with Crippen molar-refractivity contribution in [1.82, 2.24) is 4.57 Å². The van der Waals surface area contributed by atoms with Crippen molar-refractivity contribution >= 4 is 50.6 Å². The lowest BCUT2D eigenvalue weighted by atomic mass is 10.3. The van der Waals surface area contributed by atoms with E-state index in [1.165, 1.54) is 11.3 Å². The number of rotatable bonds is 7. The van der Waals surface area contributed by atoms with Crippen LogP contribution in [0.3, 0.4) is 0 Å². The maximum absolute atomic E-state index is 12.4. The van der Waals surface area contributed by atoms with E-state index in [2.05, 4.69) is 15.8 Å². The molecule has 0 fully saturated rings. The summed E-state index contributed by atoms with van der Waals surface area (Å²) in [4.78, 5) is 18.5. The van der Waals surface area contributed by atoms with Crippen LogP contribution in [0.1, 0.15) is 4.88 Å². The van der Waals surface area contributed by atoms with Crippen LogP contribution in [0.4, 0.5) is 0 Å². The summed E-state index contributed by atoms with van der Waals surface area (Å²) in [5.74, 6) is 2.16. The zero-order valence-corrected chi connectivity index (χ0v) is 17.3.